The summed E-state index contributed by atoms with van der Waals surface area (Å²) in [5.41, 5.74) is 0.879. The second-order valence-electron chi connectivity index (χ2n) is 3.67. The van der Waals surface area contributed by atoms with E-state index in [2.05, 4.69) is 34.1 Å². The first kappa shape index (κ1) is 13.1. The molecule has 1 unspecified atom stereocenters. The molecule has 1 rings (SSSR count). The number of nitrogens with one attached hydrogen (secondary N) is 1. The molecule has 0 fully saturated rings. The third-order valence-corrected chi connectivity index (χ3v) is 2.97. The summed E-state index contributed by atoms with van der Waals surface area (Å²) in [7, 11) is 0. The molecule has 0 radical (unpaired) electrons. The van der Waals surface area contributed by atoms with Gasteiger partial charge in [-0.1, -0.05) is 22.9 Å². The molecule has 0 amide bonds. The molecule has 1 atom stereocenters. The molecule has 0 saturated carbocycles. The molecule has 2 N–H and O–H groups in total. The fourth-order valence-corrected chi connectivity index (χ4v) is 1.86. The van der Waals surface area contributed by atoms with Crippen LogP contribution in [-0.4, -0.2) is 11.1 Å². The summed E-state index contributed by atoms with van der Waals surface area (Å²) in [6.07, 6.45) is 6.98. The van der Waals surface area contributed by atoms with Crippen molar-refractivity contribution < 1.29 is 5.11 Å². The van der Waals surface area contributed by atoms with Crippen molar-refractivity contribution in [2.75, 3.05) is 0 Å². The number of terminal acetylenes is 1. The van der Waals surface area contributed by atoms with Crippen LogP contribution in [0, 0.1) is 12.3 Å². The molecule has 2 nitrogen and oxygen atoms in total. The van der Waals surface area contributed by atoms with E-state index in [4.69, 9.17) is 6.42 Å². The van der Waals surface area contributed by atoms with Gasteiger partial charge in [-0.2, -0.15) is 0 Å². The lowest BCUT2D eigenvalue weighted by Gasteiger charge is -2.14. The molecular formula is C13H16BrNO. The van der Waals surface area contributed by atoms with Crippen LogP contribution in [0.15, 0.2) is 22.7 Å². The summed E-state index contributed by atoms with van der Waals surface area (Å²) in [4.78, 5) is 0. The van der Waals surface area contributed by atoms with E-state index in [1.54, 1.807) is 6.07 Å². The monoisotopic (exact) mass is 281 g/mol. The molecule has 86 valence electrons. The number of phenols is 1. The largest absolute Gasteiger partial charge is 0.508 e. The molecule has 0 saturated heterocycles. The van der Waals surface area contributed by atoms with Crippen molar-refractivity contribution in [3.05, 3.63) is 28.2 Å². The number of phenolic OH excluding ortho intramolecular Hbond substituents is 1. The smallest absolute Gasteiger partial charge is 0.120 e. The SMILES string of the molecule is C#CCC(CC)NCc1cc(Br)ccc1O. The Bertz CT molecular complexity index is 384. The summed E-state index contributed by atoms with van der Waals surface area (Å²) in [5, 5.41) is 13.0. The third-order valence-electron chi connectivity index (χ3n) is 2.48. The number of halogens is 1. The predicted molar refractivity (Wildman–Crippen MR) is 70.2 cm³/mol. The van der Waals surface area contributed by atoms with Gasteiger partial charge in [-0.05, 0) is 24.6 Å². The van der Waals surface area contributed by atoms with Crippen LogP contribution in [-0.2, 0) is 6.54 Å². The van der Waals surface area contributed by atoms with Crippen LogP contribution in [0.3, 0.4) is 0 Å². The zero-order chi connectivity index (χ0) is 12.0. The van der Waals surface area contributed by atoms with Crippen molar-refractivity contribution in [2.45, 2.75) is 32.4 Å². The van der Waals surface area contributed by atoms with E-state index < -0.39 is 0 Å². The maximum absolute atomic E-state index is 9.65. The van der Waals surface area contributed by atoms with Crippen molar-refractivity contribution in [3.8, 4) is 18.1 Å². The van der Waals surface area contributed by atoms with Gasteiger partial charge in [0.2, 0.25) is 0 Å². The van der Waals surface area contributed by atoms with Gasteiger partial charge in [-0.25, -0.2) is 0 Å². The Kier molecular flexibility index (Phi) is 5.37. The molecule has 0 spiro atoms. The van der Waals surface area contributed by atoms with Gasteiger partial charge in [0.15, 0.2) is 0 Å². The normalized spacial score (nSPS) is 12.1. The van der Waals surface area contributed by atoms with Crippen LogP contribution in [0.2, 0.25) is 0 Å². The fraction of sp³-hybridized carbons (Fsp3) is 0.385. The molecule has 0 aliphatic rings. The Morgan fingerprint density at radius 2 is 2.31 bits per heavy atom. The summed E-state index contributed by atoms with van der Waals surface area (Å²) in [6.45, 7) is 2.72. The Labute approximate surface area is 105 Å². The molecule has 3 heteroatoms. The first-order chi connectivity index (χ1) is 7.67. The summed E-state index contributed by atoms with van der Waals surface area (Å²) >= 11 is 3.38. The molecule has 0 aromatic heterocycles. The minimum absolute atomic E-state index is 0.309. The third kappa shape index (κ3) is 3.88. The molecule has 0 aliphatic carbocycles. The van der Waals surface area contributed by atoms with E-state index in [1.807, 2.05) is 12.1 Å². The quantitative estimate of drug-likeness (QED) is 0.814. The van der Waals surface area contributed by atoms with Gasteiger partial charge in [0.05, 0.1) is 0 Å². The topological polar surface area (TPSA) is 32.3 Å². The zero-order valence-electron chi connectivity index (χ0n) is 9.33. The Hall–Kier alpha value is -0.980. The van der Waals surface area contributed by atoms with Gasteiger partial charge in [-0.3, -0.25) is 0 Å². The van der Waals surface area contributed by atoms with Crippen molar-refractivity contribution in [3.63, 3.8) is 0 Å². The number of rotatable bonds is 5. The predicted octanol–water partition coefficient (Wildman–Crippen LogP) is 3.05. The average molecular weight is 282 g/mol. The lowest BCUT2D eigenvalue weighted by Crippen LogP contribution is -2.27. The fourth-order valence-electron chi connectivity index (χ4n) is 1.45. The van der Waals surface area contributed by atoms with E-state index in [0.29, 0.717) is 24.8 Å². The second kappa shape index (κ2) is 6.57. The second-order valence-corrected chi connectivity index (χ2v) is 4.58. The Morgan fingerprint density at radius 1 is 1.56 bits per heavy atom. The van der Waals surface area contributed by atoms with Crippen molar-refractivity contribution in [1.82, 2.24) is 5.32 Å². The summed E-state index contributed by atoms with van der Waals surface area (Å²) < 4.78 is 0.965. The molecule has 0 heterocycles. The maximum Gasteiger partial charge on any atom is 0.120 e. The summed E-state index contributed by atoms with van der Waals surface area (Å²) in [5.74, 6) is 2.96. The van der Waals surface area contributed by atoms with Gasteiger partial charge in [0.25, 0.3) is 0 Å². The van der Waals surface area contributed by atoms with Gasteiger partial charge >= 0.3 is 0 Å². The van der Waals surface area contributed by atoms with Crippen molar-refractivity contribution >= 4 is 15.9 Å². The van der Waals surface area contributed by atoms with Gasteiger partial charge in [0, 0.05) is 29.0 Å². The van der Waals surface area contributed by atoms with Crippen LogP contribution >= 0.6 is 15.9 Å². The highest BCUT2D eigenvalue weighted by Crippen LogP contribution is 2.21. The van der Waals surface area contributed by atoms with Gasteiger partial charge in [-0.15, -0.1) is 12.3 Å². The first-order valence-electron chi connectivity index (χ1n) is 5.31. The molecule has 0 bridgehead atoms. The number of hydrogen-bond donors (Lipinski definition) is 2. The molecular weight excluding hydrogens is 266 g/mol. The van der Waals surface area contributed by atoms with Crippen LogP contribution in [0.25, 0.3) is 0 Å². The van der Waals surface area contributed by atoms with Crippen LogP contribution in [0.1, 0.15) is 25.3 Å². The van der Waals surface area contributed by atoms with E-state index in [9.17, 15) is 5.11 Å². The lowest BCUT2D eigenvalue weighted by atomic mass is 10.1. The Balaban J connectivity index is 2.60. The van der Waals surface area contributed by atoms with Crippen molar-refractivity contribution in [2.24, 2.45) is 0 Å². The summed E-state index contributed by atoms with van der Waals surface area (Å²) in [6, 6.07) is 5.72. The van der Waals surface area contributed by atoms with E-state index in [-0.39, 0.29) is 0 Å². The van der Waals surface area contributed by atoms with Crippen LogP contribution in [0.4, 0.5) is 0 Å². The van der Waals surface area contributed by atoms with E-state index >= 15 is 0 Å². The Morgan fingerprint density at radius 3 is 2.94 bits per heavy atom. The van der Waals surface area contributed by atoms with Crippen molar-refractivity contribution in [1.29, 1.82) is 0 Å². The molecule has 1 aromatic carbocycles. The highest BCUT2D eigenvalue weighted by molar-refractivity contribution is 9.10. The highest BCUT2D eigenvalue weighted by Gasteiger charge is 2.06. The minimum Gasteiger partial charge on any atom is -0.508 e. The molecule has 16 heavy (non-hydrogen) atoms. The maximum atomic E-state index is 9.65. The van der Waals surface area contributed by atoms with Crippen LogP contribution < -0.4 is 5.32 Å². The lowest BCUT2D eigenvalue weighted by molar-refractivity contribution is 0.453. The van der Waals surface area contributed by atoms with E-state index in [0.717, 1.165) is 16.5 Å². The van der Waals surface area contributed by atoms with Gasteiger partial charge < -0.3 is 10.4 Å². The van der Waals surface area contributed by atoms with Gasteiger partial charge in [0.1, 0.15) is 5.75 Å². The number of aromatic hydroxyl groups is 1. The first-order valence-corrected chi connectivity index (χ1v) is 6.11. The average Bonchev–Trinajstić information content (AvgIpc) is 2.28. The molecule has 0 aliphatic heterocycles. The van der Waals surface area contributed by atoms with E-state index in [1.165, 1.54) is 0 Å². The number of hydrogen-bond acceptors (Lipinski definition) is 2. The standard InChI is InChI=1S/C13H16BrNO/c1-3-5-12(4-2)15-9-10-8-11(14)6-7-13(10)16/h1,6-8,12,15-16H,4-5,9H2,2H3. The minimum atomic E-state index is 0.309. The molecule has 1 aromatic rings. The highest BCUT2D eigenvalue weighted by atomic mass is 79.9. The van der Waals surface area contributed by atoms with Crippen LogP contribution in [0.5, 0.6) is 5.75 Å². The number of benzene rings is 1. The zero-order valence-corrected chi connectivity index (χ0v) is 10.9.